The van der Waals surface area contributed by atoms with E-state index in [1.165, 1.54) is 6.07 Å². The van der Waals surface area contributed by atoms with E-state index in [0.29, 0.717) is 5.76 Å². The Kier molecular flexibility index (Phi) is 10.7. The second kappa shape index (κ2) is 13.5. The van der Waals surface area contributed by atoms with E-state index in [2.05, 4.69) is 15.8 Å². The Balaban J connectivity index is 1.99. The predicted molar refractivity (Wildman–Crippen MR) is 118 cm³/mol. The fraction of sp³-hybridized carbons (Fsp3) is 0.450. The first kappa shape index (κ1) is 28.6. The molecule has 0 aliphatic heterocycles. The smallest absolute Gasteiger partial charge is 0.320 e. The lowest BCUT2D eigenvalue weighted by Crippen LogP contribution is -2.41. The number of anilines is 3. The summed E-state index contributed by atoms with van der Waals surface area (Å²) in [6, 6.07) is 2.33. The van der Waals surface area contributed by atoms with Gasteiger partial charge in [0, 0.05) is 44.4 Å². The third-order valence-corrected chi connectivity index (χ3v) is 4.62. The highest BCUT2D eigenvalue weighted by atomic mass is 19.3. The number of alkyl halides is 2. The number of rotatable bonds is 13. The number of aromatic nitrogens is 1. The molecule has 0 spiro atoms. The van der Waals surface area contributed by atoms with Crippen LogP contribution in [0.25, 0.3) is 0 Å². The van der Waals surface area contributed by atoms with Crippen molar-refractivity contribution < 1.29 is 47.1 Å². The minimum absolute atomic E-state index is 0.0774. The first-order chi connectivity index (χ1) is 17.0. The molecule has 36 heavy (non-hydrogen) atoms. The molecule has 6 N–H and O–H groups in total. The summed E-state index contributed by atoms with van der Waals surface area (Å²) in [6.45, 7) is -0.503. The number of carbonyl (C=O) groups is 2. The lowest BCUT2D eigenvalue weighted by atomic mass is 10.2. The molecule has 0 saturated carbocycles. The van der Waals surface area contributed by atoms with E-state index in [0.717, 1.165) is 17.0 Å². The molecule has 0 aliphatic rings. The number of hydrogen-bond acceptors (Lipinski definition) is 9. The number of urea groups is 1. The molecular weight excluding hydrogens is 496 g/mol. The minimum atomic E-state index is -3.29. The van der Waals surface area contributed by atoms with Gasteiger partial charge in [0.15, 0.2) is 17.5 Å². The van der Waals surface area contributed by atoms with Crippen molar-refractivity contribution in [2.75, 3.05) is 54.6 Å². The Hall–Kier alpha value is -3.63. The lowest BCUT2D eigenvalue weighted by molar-refractivity contribution is -0.132. The number of halogens is 4. The highest BCUT2D eigenvalue weighted by Crippen LogP contribution is 2.28. The van der Waals surface area contributed by atoms with Gasteiger partial charge >= 0.3 is 12.5 Å². The molecule has 2 rings (SSSR count). The summed E-state index contributed by atoms with van der Waals surface area (Å²) in [5.74, 6) is -3.23. The minimum Gasteiger partial charge on any atom is -0.395 e. The first-order valence-electron chi connectivity index (χ1n) is 10.5. The standard InChI is InChI=1S/C20H26F4N6O6/c1-11-6-16(28-36-11)27-20(34)25-2-3-29(4-5-31)17-14(21)7-12(8-15(17)22)30(35)10-13(32)9-26-19(33)18(23)24/h6-8,13,18,31-32,35H,2-5,9-10H2,1H3,(H,26,33)(H2,25,27,28,34)/t13-/m0/s1. The van der Waals surface area contributed by atoms with Crippen LogP contribution in [-0.2, 0) is 4.79 Å². The molecule has 0 fully saturated rings. The molecule has 12 nitrogen and oxygen atoms in total. The topological polar surface area (TPSA) is 163 Å². The zero-order chi connectivity index (χ0) is 26.8. The maximum Gasteiger partial charge on any atom is 0.320 e. The van der Waals surface area contributed by atoms with Crippen LogP contribution in [0.5, 0.6) is 0 Å². The van der Waals surface area contributed by atoms with E-state index in [4.69, 9.17) is 4.52 Å². The fourth-order valence-corrected chi connectivity index (χ4v) is 3.01. The third kappa shape index (κ3) is 8.54. The van der Waals surface area contributed by atoms with Crippen LogP contribution in [0.3, 0.4) is 0 Å². The largest absolute Gasteiger partial charge is 0.395 e. The predicted octanol–water partition coefficient (Wildman–Crippen LogP) is 0.819. The number of nitrogens with zero attached hydrogens (tertiary/aromatic N) is 3. The SMILES string of the molecule is Cc1cc(NC(=O)NCCN(CCO)c2c(F)cc(N(O)C[C@@H](O)CNC(=O)C(F)F)cc2F)no1. The Morgan fingerprint density at radius 1 is 1.14 bits per heavy atom. The molecular formula is C20H26F4N6O6. The molecule has 1 aromatic heterocycles. The van der Waals surface area contributed by atoms with Gasteiger partial charge in [0.25, 0.3) is 5.91 Å². The highest BCUT2D eigenvalue weighted by Gasteiger charge is 2.22. The average molecular weight is 522 g/mol. The van der Waals surface area contributed by atoms with Crippen molar-refractivity contribution in [3.63, 3.8) is 0 Å². The van der Waals surface area contributed by atoms with Crippen LogP contribution in [0.1, 0.15) is 5.76 Å². The van der Waals surface area contributed by atoms with Crippen molar-refractivity contribution in [2.24, 2.45) is 0 Å². The summed E-state index contributed by atoms with van der Waals surface area (Å²) in [4.78, 5) is 23.9. The van der Waals surface area contributed by atoms with Crippen LogP contribution in [0.15, 0.2) is 22.7 Å². The van der Waals surface area contributed by atoms with Crippen molar-refractivity contribution in [2.45, 2.75) is 19.5 Å². The second-order valence-corrected chi connectivity index (χ2v) is 7.45. The van der Waals surface area contributed by atoms with Gasteiger partial charge in [0.1, 0.15) is 11.4 Å². The molecule has 0 radical (unpaired) electrons. The van der Waals surface area contributed by atoms with Crippen LogP contribution < -0.4 is 25.9 Å². The molecule has 0 unspecified atom stereocenters. The molecule has 1 heterocycles. The molecule has 1 atom stereocenters. The van der Waals surface area contributed by atoms with Crippen LogP contribution in [0, 0.1) is 18.6 Å². The molecule has 200 valence electrons. The second-order valence-electron chi connectivity index (χ2n) is 7.45. The van der Waals surface area contributed by atoms with Gasteiger partial charge in [-0.25, -0.2) is 13.6 Å². The van der Waals surface area contributed by atoms with Crippen molar-refractivity contribution in [1.82, 2.24) is 15.8 Å². The van der Waals surface area contributed by atoms with Gasteiger partial charge in [-0.1, -0.05) is 5.16 Å². The third-order valence-electron chi connectivity index (χ3n) is 4.62. The zero-order valence-electron chi connectivity index (χ0n) is 19.0. The monoisotopic (exact) mass is 522 g/mol. The van der Waals surface area contributed by atoms with Crippen molar-refractivity contribution in [3.05, 3.63) is 35.6 Å². The number of carbonyl (C=O) groups excluding carboxylic acids is 2. The highest BCUT2D eigenvalue weighted by molar-refractivity contribution is 5.88. The summed E-state index contributed by atoms with van der Waals surface area (Å²) < 4.78 is 58.7. The van der Waals surface area contributed by atoms with Crippen LogP contribution in [0.4, 0.5) is 39.5 Å². The molecule has 1 aromatic carbocycles. The lowest BCUT2D eigenvalue weighted by Gasteiger charge is -2.27. The van der Waals surface area contributed by atoms with E-state index >= 15 is 0 Å². The Morgan fingerprint density at radius 2 is 1.81 bits per heavy atom. The summed E-state index contributed by atoms with van der Waals surface area (Å²) >= 11 is 0. The van der Waals surface area contributed by atoms with Gasteiger partial charge in [-0.3, -0.25) is 20.4 Å². The fourth-order valence-electron chi connectivity index (χ4n) is 3.01. The molecule has 0 bridgehead atoms. The zero-order valence-corrected chi connectivity index (χ0v) is 19.0. The summed E-state index contributed by atoms with van der Waals surface area (Å²) in [5.41, 5.74) is -0.947. The number of aliphatic hydroxyl groups is 2. The van der Waals surface area contributed by atoms with Gasteiger partial charge in [0.2, 0.25) is 0 Å². The van der Waals surface area contributed by atoms with Gasteiger partial charge in [-0.15, -0.1) is 0 Å². The number of benzene rings is 1. The van der Waals surface area contributed by atoms with E-state index < -0.39 is 67.2 Å². The van der Waals surface area contributed by atoms with Gasteiger partial charge in [-0.2, -0.15) is 8.78 Å². The number of aliphatic hydroxyl groups excluding tert-OH is 2. The molecule has 3 amide bonds. The maximum atomic E-state index is 14.8. The van der Waals surface area contributed by atoms with Crippen LogP contribution >= 0.6 is 0 Å². The van der Waals surface area contributed by atoms with Crippen molar-refractivity contribution >= 4 is 29.1 Å². The van der Waals surface area contributed by atoms with E-state index in [1.54, 1.807) is 12.2 Å². The molecule has 2 aromatic rings. The van der Waals surface area contributed by atoms with E-state index in [-0.39, 0.29) is 30.5 Å². The maximum absolute atomic E-state index is 14.8. The quantitative estimate of drug-likeness (QED) is 0.165. The van der Waals surface area contributed by atoms with Gasteiger partial charge in [-0.05, 0) is 6.92 Å². The number of nitrogens with one attached hydrogen (secondary N) is 3. The Morgan fingerprint density at radius 3 is 2.36 bits per heavy atom. The summed E-state index contributed by atoms with van der Waals surface area (Å²) in [7, 11) is 0. The normalized spacial score (nSPS) is 11.8. The molecule has 16 heteroatoms. The first-order valence-corrected chi connectivity index (χ1v) is 10.5. The van der Waals surface area contributed by atoms with E-state index in [1.807, 2.05) is 0 Å². The van der Waals surface area contributed by atoms with Crippen molar-refractivity contribution in [3.8, 4) is 0 Å². The average Bonchev–Trinajstić information content (AvgIpc) is 3.20. The Bertz CT molecular complexity index is 1000. The van der Waals surface area contributed by atoms with Crippen LogP contribution in [-0.4, -0.2) is 84.4 Å². The molecule has 0 aliphatic carbocycles. The molecule has 0 saturated heterocycles. The van der Waals surface area contributed by atoms with Gasteiger partial charge < -0.3 is 30.3 Å². The summed E-state index contributed by atoms with van der Waals surface area (Å²) in [5, 5.41) is 39.6. The number of aryl methyl sites for hydroxylation is 1. The van der Waals surface area contributed by atoms with E-state index in [9.17, 15) is 42.6 Å². The van der Waals surface area contributed by atoms with Gasteiger partial charge in [0.05, 0.1) is 24.9 Å². The summed E-state index contributed by atoms with van der Waals surface area (Å²) in [6.07, 6.45) is -4.82. The van der Waals surface area contributed by atoms with Crippen molar-refractivity contribution in [1.29, 1.82) is 0 Å². The van der Waals surface area contributed by atoms with Crippen LogP contribution in [0.2, 0.25) is 0 Å². The Labute approximate surface area is 202 Å². The number of hydroxylamine groups is 1. The number of amides is 3. The number of hydrogen-bond donors (Lipinski definition) is 6.